The van der Waals surface area contributed by atoms with Crippen molar-refractivity contribution >= 4 is 6.03 Å². The highest BCUT2D eigenvalue weighted by atomic mass is 19.4. The fraction of sp³-hybridized carbons (Fsp3) is 0.381. The number of aliphatic hydroxyl groups excluding tert-OH is 1. The molecule has 1 saturated heterocycles. The van der Waals surface area contributed by atoms with E-state index in [-0.39, 0.29) is 19.1 Å². The summed E-state index contributed by atoms with van der Waals surface area (Å²) in [5.41, 5.74) is -4.31. The second-order valence-electron chi connectivity index (χ2n) is 7.13. The Bertz CT molecular complexity index is 917. The molecule has 11 heteroatoms. The summed E-state index contributed by atoms with van der Waals surface area (Å²) >= 11 is 0. The average molecular weight is 464 g/mol. The smallest absolute Gasteiger partial charge is 0.371 e. The zero-order valence-electron chi connectivity index (χ0n) is 16.0. The molecule has 0 saturated carbocycles. The minimum atomic E-state index is -4.99. The third kappa shape index (κ3) is 5.16. The van der Waals surface area contributed by atoms with Gasteiger partial charge >= 0.3 is 18.4 Å². The van der Waals surface area contributed by atoms with Crippen LogP contribution in [-0.2, 0) is 22.6 Å². The number of aliphatic hydroxyl groups is 1. The molecule has 0 spiro atoms. The number of amides is 2. The summed E-state index contributed by atoms with van der Waals surface area (Å²) < 4.78 is 84.2. The molecule has 32 heavy (non-hydrogen) atoms. The minimum absolute atomic E-state index is 0. The van der Waals surface area contributed by atoms with Gasteiger partial charge in [0, 0.05) is 0 Å². The summed E-state index contributed by atoms with van der Waals surface area (Å²) in [5.74, 6) is 0. The highest BCUT2D eigenvalue weighted by Gasteiger charge is 2.48. The second-order valence-corrected chi connectivity index (χ2v) is 7.13. The van der Waals surface area contributed by atoms with Gasteiger partial charge in [-0.25, -0.2) is 4.79 Å². The van der Waals surface area contributed by atoms with Crippen LogP contribution in [0.5, 0.6) is 0 Å². The van der Waals surface area contributed by atoms with Crippen LogP contribution >= 0.6 is 0 Å². The SMILES string of the molecule is C.C[C@@H](OC[C@]1(c2ccccc2)NC(=O)N[C@@H]1O)c1cc(C(F)(F)F)cc(C(F)(F)F)c1. The van der Waals surface area contributed by atoms with E-state index in [1.54, 1.807) is 30.3 Å². The molecular weight excluding hydrogens is 442 g/mol. The lowest BCUT2D eigenvalue weighted by atomic mass is 9.90. The first kappa shape index (κ1) is 25.5. The van der Waals surface area contributed by atoms with E-state index in [4.69, 9.17) is 4.74 Å². The Morgan fingerprint density at radius 2 is 1.56 bits per heavy atom. The Morgan fingerprint density at radius 1 is 1.03 bits per heavy atom. The standard InChI is InChI=1S/C20H18F6N2O3.CH4/c1-11(12-7-14(19(21,22)23)9-15(8-12)20(24,25)26)31-10-18(13-5-3-2-4-6-13)16(29)27-17(30)28-18;/h2-9,11,16,29H,10H2,1H3,(H2,27,28,30);1H4/t11-,16-,18-;/m1./s1. The molecule has 0 unspecified atom stereocenters. The Morgan fingerprint density at radius 3 is 2.00 bits per heavy atom. The van der Waals surface area contributed by atoms with Gasteiger partial charge in [-0.15, -0.1) is 0 Å². The number of alkyl halides is 6. The van der Waals surface area contributed by atoms with Crippen LogP contribution in [0, 0.1) is 0 Å². The molecule has 0 aliphatic carbocycles. The molecule has 2 aromatic rings. The minimum Gasteiger partial charge on any atom is -0.371 e. The van der Waals surface area contributed by atoms with E-state index in [1.165, 1.54) is 6.92 Å². The third-order valence-corrected chi connectivity index (χ3v) is 5.00. The maximum atomic E-state index is 13.1. The van der Waals surface area contributed by atoms with Crippen molar-refractivity contribution in [2.24, 2.45) is 0 Å². The molecular formula is C21H22F6N2O3. The topological polar surface area (TPSA) is 70.6 Å². The zero-order chi connectivity index (χ0) is 23.0. The van der Waals surface area contributed by atoms with E-state index in [0.717, 1.165) is 0 Å². The third-order valence-electron chi connectivity index (χ3n) is 5.00. The van der Waals surface area contributed by atoms with Gasteiger partial charge < -0.3 is 20.5 Å². The number of benzene rings is 2. The van der Waals surface area contributed by atoms with Gasteiger partial charge in [0.25, 0.3) is 0 Å². The average Bonchev–Trinajstić information content (AvgIpc) is 2.99. The fourth-order valence-corrected chi connectivity index (χ4v) is 3.28. The first-order valence-corrected chi connectivity index (χ1v) is 9.06. The molecule has 3 atom stereocenters. The summed E-state index contributed by atoms with van der Waals surface area (Å²) in [6, 6.07) is 8.65. The number of carbonyl (C=O) groups is 1. The van der Waals surface area contributed by atoms with Crippen LogP contribution < -0.4 is 10.6 Å². The van der Waals surface area contributed by atoms with E-state index < -0.39 is 54.0 Å². The number of urea groups is 1. The predicted molar refractivity (Wildman–Crippen MR) is 103 cm³/mol. The van der Waals surface area contributed by atoms with Crippen molar-refractivity contribution in [1.29, 1.82) is 0 Å². The maximum Gasteiger partial charge on any atom is 0.416 e. The molecule has 176 valence electrons. The maximum absolute atomic E-state index is 13.1. The van der Waals surface area contributed by atoms with Gasteiger partial charge in [0.2, 0.25) is 0 Å². The lowest BCUT2D eigenvalue weighted by molar-refractivity contribution is -0.143. The monoisotopic (exact) mass is 464 g/mol. The lowest BCUT2D eigenvalue weighted by Gasteiger charge is -2.33. The number of nitrogens with one attached hydrogen (secondary N) is 2. The first-order valence-electron chi connectivity index (χ1n) is 9.06. The number of hydrogen-bond acceptors (Lipinski definition) is 3. The van der Waals surface area contributed by atoms with Crippen molar-refractivity contribution in [2.75, 3.05) is 6.61 Å². The number of carbonyl (C=O) groups excluding carboxylic acids is 1. The van der Waals surface area contributed by atoms with E-state index in [2.05, 4.69) is 10.6 Å². The summed E-state index contributed by atoms with van der Waals surface area (Å²) in [5, 5.41) is 15.2. The van der Waals surface area contributed by atoms with E-state index >= 15 is 0 Å². The van der Waals surface area contributed by atoms with Crippen molar-refractivity contribution in [3.8, 4) is 0 Å². The van der Waals surface area contributed by atoms with Gasteiger partial charge in [-0.3, -0.25) is 0 Å². The van der Waals surface area contributed by atoms with Crippen LogP contribution in [0.4, 0.5) is 31.1 Å². The van der Waals surface area contributed by atoms with E-state index in [0.29, 0.717) is 17.7 Å². The quantitative estimate of drug-likeness (QED) is 0.548. The highest BCUT2D eigenvalue weighted by Crippen LogP contribution is 2.38. The van der Waals surface area contributed by atoms with Crippen molar-refractivity contribution in [3.63, 3.8) is 0 Å². The summed E-state index contributed by atoms with van der Waals surface area (Å²) in [4.78, 5) is 11.8. The predicted octanol–water partition coefficient (Wildman–Crippen LogP) is 4.96. The van der Waals surface area contributed by atoms with Gasteiger partial charge in [-0.1, -0.05) is 37.8 Å². The lowest BCUT2D eigenvalue weighted by Crippen LogP contribution is -2.50. The largest absolute Gasteiger partial charge is 0.416 e. The summed E-state index contributed by atoms with van der Waals surface area (Å²) in [6.07, 6.45) is -12.6. The van der Waals surface area contributed by atoms with Crippen LogP contribution in [0.2, 0.25) is 0 Å². The molecule has 3 rings (SSSR count). The van der Waals surface area contributed by atoms with Crippen LogP contribution in [0.15, 0.2) is 48.5 Å². The highest BCUT2D eigenvalue weighted by molar-refractivity contribution is 5.78. The number of rotatable bonds is 5. The molecule has 0 bridgehead atoms. The normalized spacial score (nSPS) is 22.0. The molecule has 2 aromatic carbocycles. The van der Waals surface area contributed by atoms with Crippen molar-refractivity contribution in [1.82, 2.24) is 10.6 Å². The molecule has 2 amide bonds. The summed E-state index contributed by atoms with van der Waals surface area (Å²) in [7, 11) is 0. The Hall–Kier alpha value is -2.79. The van der Waals surface area contributed by atoms with Gasteiger partial charge in [-0.05, 0) is 36.2 Å². The zero-order valence-corrected chi connectivity index (χ0v) is 16.0. The Labute approximate surface area is 180 Å². The van der Waals surface area contributed by atoms with Crippen molar-refractivity contribution < 1.29 is 41.0 Å². The van der Waals surface area contributed by atoms with Gasteiger partial charge in [0.1, 0.15) is 5.54 Å². The Balaban J connectivity index is 0.00000363. The number of hydrogen-bond donors (Lipinski definition) is 3. The molecule has 1 aliphatic rings. The van der Waals surface area contributed by atoms with Crippen LogP contribution in [0.3, 0.4) is 0 Å². The van der Waals surface area contributed by atoms with Crippen molar-refractivity contribution in [2.45, 2.75) is 44.6 Å². The van der Waals surface area contributed by atoms with E-state index in [1.807, 2.05) is 0 Å². The van der Waals surface area contributed by atoms with Crippen molar-refractivity contribution in [3.05, 3.63) is 70.8 Å². The number of halogens is 6. The van der Waals surface area contributed by atoms with Gasteiger partial charge in [0.15, 0.2) is 6.23 Å². The molecule has 0 aromatic heterocycles. The van der Waals surface area contributed by atoms with Gasteiger partial charge in [-0.2, -0.15) is 26.3 Å². The molecule has 5 nitrogen and oxygen atoms in total. The Kier molecular flexibility index (Phi) is 7.15. The molecule has 1 aliphatic heterocycles. The molecule has 3 N–H and O–H groups in total. The fourth-order valence-electron chi connectivity index (χ4n) is 3.28. The summed E-state index contributed by atoms with van der Waals surface area (Å²) in [6.45, 7) is 0.862. The molecule has 1 heterocycles. The van der Waals surface area contributed by atoms with E-state index in [9.17, 15) is 36.2 Å². The van der Waals surface area contributed by atoms with Crippen LogP contribution in [0.25, 0.3) is 0 Å². The first-order chi connectivity index (χ1) is 14.3. The second kappa shape index (κ2) is 8.99. The van der Waals surface area contributed by atoms with Crippen LogP contribution in [0.1, 0.15) is 42.7 Å². The molecule has 1 fully saturated rings. The number of ether oxygens (including phenoxy) is 1. The van der Waals surface area contributed by atoms with Gasteiger partial charge in [0.05, 0.1) is 23.8 Å². The van der Waals surface area contributed by atoms with Crippen LogP contribution in [-0.4, -0.2) is 24.0 Å². The molecule has 0 radical (unpaired) electrons.